The number of methoxy groups -OCH3 is 1. The van der Waals surface area contributed by atoms with Gasteiger partial charge >= 0.3 is 5.97 Å². The number of hydrogen-bond donors (Lipinski definition) is 1. The van der Waals surface area contributed by atoms with Crippen molar-refractivity contribution >= 4 is 22.4 Å². The first-order chi connectivity index (χ1) is 8.28. The molecule has 0 radical (unpaired) electrons. The van der Waals surface area contributed by atoms with Gasteiger partial charge in [0, 0.05) is 17.8 Å². The molecule has 1 saturated carbocycles. The Labute approximate surface area is 105 Å². The van der Waals surface area contributed by atoms with Crippen molar-refractivity contribution in [3.05, 3.63) is 11.1 Å². The quantitative estimate of drug-likeness (QED) is 0.821. The number of carbonyl (C=O) groups excluding carboxylic acids is 1. The van der Waals surface area contributed by atoms with Crippen molar-refractivity contribution in [3.8, 4) is 0 Å². The van der Waals surface area contributed by atoms with E-state index in [1.807, 2.05) is 5.38 Å². The topological polar surface area (TPSA) is 51.2 Å². The Hall–Kier alpha value is -1.10. The molecule has 0 atom stereocenters. The van der Waals surface area contributed by atoms with Gasteiger partial charge in [-0.15, -0.1) is 11.3 Å². The summed E-state index contributed by atoms with van der Waals surface area (Å²) in [5.41, 5.74) is 0.973. The molecule has 0 spiro atoms. The number of nitrogens with zero attached hydrogens (tertiary/aromatic N) is 1. The third-order valence-electron chi connectivity index (χ3n) is 3.05. The molecule has 1 aromatic rings. The van der Waals surface area contributed by atoms with Crippen molar-refractivity contribution in [2.24, 2.45) is 0 Å². The van der Waals surface area contributed by atoms with E-state index in [1.54, 1.807) is 11.3 Å². The molecule has 1 fully saturated rings. The summed E-state index contributed by atoms with van der Waals surface area (Å²) in [7, 11) is 1.41. The molecular formula is C12H18N2O2S. The molecule has 2 rings (SSSR count). The molecule has 17 heavy (non-hydrogen) atoms. The average molecular weight is 254 g/mol. The largest absolute Gasteiger partial charge is 0.469 e. The summed E-state index contributed by atoms with van der Waals surface area (Å²) in [4.78, 5) is 15.5. The Morgan fingerprint density at radius 1 is 1.59 bits per heavy atom. The van der Waals surface area contributed by atoms with Gasteiger partial charge in [0.1, 0.15) is 0 Å². The highest BCUT2D eigenvalue weighted by atomic mass is 32.1. The van der Waals surface area contributed by atoms with Gasteiger partial charge in [0.2, 0.25) is 0 Å². The Balaban J connectivity index is 1.80. The SMILES string of the molecule is COC(=O)CCc1csc(NC2CCCC2)n1. The standard InChI is InChI=1S/C12H18N2O2S/c1-16-11(15)7-6-10-8-17-12(14-10)13-9-4-2-3-5-9/h8-9H,2-7H2,1H3,(H,13,14). The van der Waals surface area contributed by atoms with Gasteiger partial charge in [0.25, 0.3) is 0 Å². The number of rotatable bonds is 5. The molecule has 0 saturated heterocycles. The zero-order valence-corrected chi connectivity index (χ0v) is 10.9. The van der Waals surface area contributed by atoms with Crippen LogP contribution >= 0.6 is 11.3 Å². The molecule has 5 heteroatoms. The summed E-state index contributed by atoms with van der Waals surface area (Å²) in [5.74, 6) is -0.177. The number of aryl methyl sites for hydroxylation is 1. The van der Waals surface area contributed by atoms with Crippen LogP contribution in [0.15, 0.2) is 5.38 Å². The minimum absolute atomic E-state index is 0.177. The summed E-state index contributed by atoms with van der Waals surface area (Å²) >= 11 is 1.62. The lowest BCUT2D eigenvalue weighted by Crippen LogP contribution is -2.14. The normalized spacial score (nSPS) is 16.1. The van der Waals surface area contributed by atoms with E-state index in [0.717, 1.165) is 10.8 Å². The fraction of sp³-hybridized carbons (Fsp3) is 0.667. The Morgan fingerprint density at radius 2 is 2.35 bits per heavy atom. The molecule has 1 aromatic heterocycles. The van der Waals surface area contributed by atoms with Crippen LogP contribution < -0.4 is 5.32 Å². The summed E-state index contributed by atoms with van der Waals surface area (Å²) in [6.07, 6.45) is 6.20. The molecule has 94 valence electrons. The van der Waals surface area contributed by atoms with Gasteiger partial charge in [0.15, 0.2) is 5.13 Å². The van der Waals surface area contributed by atoms with E-state index in [0.29, 0.717) is 18.9 Å². The number of carbonyl (C=O) groups is 1. The van der Waals surface area contributed by atoms with Crippen LogP contribution in [0.2, 0.25) is 0 Å². The fourth-order valence-electron chi connectivity index (χ4n) is 2.07. The molecule has 1 aliphatic rings. The van der Waals surface area contributed by atoms with Crippen LogP contribution in [0.25, 0.3) is 0 Å². The van der Waals surface area contributed by atoms with Crippen LogP contribution in [-0.2, 0) is 16.0 Å². The van der Waals surface area contributed by atoms with Gasteiger partial charge in [-0.1, -0.05) is 12.8 Å². The maximum atomic E-state index is 11.0. The fourth-order valence-corrected chi connectivity index (χ4v) is 2.89. The molecule has 1 N–H and O–H groups in total. The lowest BCUT2D eigenvalue weighted by atomic mass is 10.2. The average Bonchev–Trinajstić information content (AvgIpc) is 2.98. The molecule has 0 unspecified atom stereocenters. The van der Waals surface area contributed by atoms with Gasteiger partial charge in [0.05, 0.1) is 19.2 Å². The van der Waals surface area contributed by atoms with Crippen molar-refractivity contribution in [3.63, 3.8) is 0 Å². The smallest absolute Gasteiger partial charge is 0.305 e. The molecule has 0 aliphatic heterocycles. The van der Waals surface area contributed by atoms with Gasteiger partial charge in [-0.2, -0.15) is 0 Å². The minimum Gasteiger partial charge on any atom is -0.469 e. The molecule has 1 heterocycles. The highest BCUT2D eigenvalue weighted by Crippen LogP contribution is 2.24. The summed E-state index contributed by atoms with van der Waals surface area (Å²) in [6, 6.07) is 0.592. The maximum absolute atomic E-state index is 11.0. The van der Waals surface area contributed by atoms with Crippen molar-refractivity contribution in [1.29, 1.82) is 0 Å². The molecule has 0 bridgehead atoms. The monoisotopic (exact) mass is 254 g/mol. The minimum atomic E-state index is -0.177. The Morgan fingerprint density at radius 3 is 3.06 bits per heavy atom. The van der Waals surface area contributed by atoms with E-state index in [9.17, 15) is 4.79 Å². The van der Waals surface area contributed by atoms with Gasteiger partial charge < -0.3 is 10.1 Å². The highest BCUT2D eigenvalue weighted by Gasteiger charge is 2.15. The van der Waals surface area contributed by atoms with E-state index in [2.05, 4.69) is 15.0 Å². The number of anilines is 1. The third-order valence-corrected chi connectivity index (χ3v) is 3.87. The van der Waals surface area contributed by atoms with Crippen LogP contribution in [-0.4, -0.2) is 24.1 Å². The summed E-state index contributed by atoms with van der Waals surface area (Å²) in [6.45, 7) is 0. The zero-order valence-electron chi connectivity index (χ0n) is 10.1. The number of thiazole rings is 1. The first kappa shape index (κ1) is 12.4. The van der Waals surface area contributed by atoms with Crippen molar-refractivity contribution in [2.45, 2.75) is 44.6 Å². The van der Waals surface area contributed by atoms with Crippen LogP contribution in [0.3, 0.4) is 0 Å². The lowest BCUT2D eigenvalue weighted by Gasteiger charge is -2.09. The number of ether oxygens (including phenoxy) is 1. The molecule has 4 nitrogen and oxygen atoms in total. The van der Waals surface area contributed by atoms with Gasteiger partial charge in [-0.3, -0.25) is 4.79 Å². The predicted octanol–water partition coefficient (Wildman–Crippen LogP) is 2.60. The first-order valence-corrected chi connectivity index (χ1v) is 6.93. The molecule has 0 amide bonds. The van der Waals surface area contributed by atoms with E-state index in [-0.39, 0.29) is 5.97 Å². The zero-order chi connectivity index (χ0) is 12.1. The van der Waals surface area contributed by atoms with Crippen molar-refractivity contribution in [2.75, 3.05) is 12.4 Å². The number of hydrogen-bond acceptors (Lipinski definition) is 5. The van der Waals surface area contributed by atoms with E-state index in [1.165, 1.54) is 32.8 Å². The van der Waals surface area contributed by atoms with E-state index < -0.39 is 0 Å². The van der Waals surface area contributed by atoms with Crippen molar-refractivity contribution in [1.82, 2.24) is 4.98 Å². The van der Waals surface area contributed by atoms with Crippen LogP contribution in [0, 0.1) is 0 Å². The second kappa shape index (κ2) is 6.00. The third kappa shape index (κ3) is 3.70. The van der Waals surface area contributed by atoms with E-state index in [4.69, 9.17) is 0 Å². The van der Waals surface area contributed by atoms with Crippen LogP contribution in [0.1, 0.15) is 37.8 Å². The highest BCUT2D eigenvalue weighted by molar-refractivity contribution is 7.13. The summed E-state index contributed by atoms with van der Waals surface area (Å²) in [5, 5.41) is 6.45. The van der Waals surface area contributed by atoms with Crippen LogP contribution in [0.5, 0.6) is 0 Å². The second-order valence-electron chi connectivity index (χ2n) is 4.35. The molecule has 0 aromatic carbocycles. The van der Waals surface area contributed by atoms with Gasteiger partial charge in [-0.05, 0) is 12.8 Å². The number of aromatic nitrogens is 1. The van der Waals surface area contributed by atoms with E-state index >= 15 is 0 Å². The predicted molar refractivity (Wildman–Crippen MR) is 68.3 cm³/mol. The first-order valence-electron chi connectivity index (χ1n) is 6.05. The molecule has 1 aliphatic carbocycles. The Kier molecular flexibility index (Phi) is 4.36. The number of nitrogens with one attached hydrogen (secondary N) is 1. The second-order valence-corrected chi connectivity index (χ2v) is 5.20. The maximum Gasteiger partial charge on any atom is 0.305 e. The summed E-state index contributed by atoms with van der Waals surface area (Å²) < 4.78 is 4.61. The van der Waals surface area contributed by atoms with Crippen LogP contribution in [0.4, 0.5) is 5.13 Å². The number of esters is 1. The van der Waals surface area contributed by atoms with Crippen molar-refractivity contribution < 1.29 is 9.53 Å². The van der Waals surface area contributed by atoms with Gasteiger partial charge in [-0.25, -0.2) is 4.98 Å². The Bertz CT molecular complexity index is 372. The molecular weight excluding hydrogens is 236 g/mol. The lowest BCUT2D eigenvalue weighted by molar-refractivity contribution is -0.140.